The molecule has 1 aromatic carbocycles. The zero-order valence-corrected chi connectivity index (χ0v) is 14.4. The Morgan fingerprint density at radius 2 is 1.91 bits per heavy atom. The van der Waals surface area contributed by atoms with Crippen molar-refractivity contribution in [2.24, 2.45) is 0 Å². The lowest BCUT2D eigenvalue weighted by Crippen LogP contribution is -2.45. The van der Waals surface area contributed by atoms with Crippen molar-refractivity contribution in [3.05, 3.63) is 23.8 Å². The number of hydrogen-bond donors (Lipinski definition) is 1. The van der Waals surface area contributed by atoms with Crippen LogP contribution in [0, 0.1) is 0 Å². The summed E-state index contributed by atoms with van der Waals surface area (Å²) in [7, 11) is 1.56. The third kappa shape index (κ3) is 5.48. The lowest BCUT2D eigenvalue weighted by atomic mass is 10.0. The third-order valence-corrected chi connectivity index (χ3v) is 3.87. The van der Waals surface area contributed by atoms with E-state index in [1.807, 2.05) is 19.1 Å². The predicted molar refractivity (Wildman–Crippen MR) is 89.2 cm³/mol. The molecule has 23 heavy (non-hydrogen) atoms. The van der Waals surface area contributed by atoms with Gasteiger partial charge in [0.15, 0.2) is 11.5 Å². The van der Waals surface area contributed by atoms with Crippen LogP contribution in [0.3, 0.4) is 0 Å². The molecule has 0 spiro atoms. The fourth-order valence-corrected chi connectivity index (χ4v) is 2.82. The highest BCUT2D eigenvalue weighted by Crippen LogP contribution is 2.34. The Kier molecular flexibility index (Phi) is 8.58. The van der Waals surface area contributed by atoms with Gasteiger partial charge in [-0.15, -0.1) is 12.4 Å². The molecule has 0 amide bonds. The van der Waals surface area contributed by atoms with Gasteiger partial charge in [-0.05, 0) is 24.6 Å². The minimum atomic E-state index is -2.34. The minimum Gasteiger partial charge on any atom is -0.493 e. The number of hydrogen-bond acceptors (Lipinski definition) is 4. The van der Waals surface area contributed by atoms with Crippen molar-refractivity contribution in [1.82, 2.24) is 10.2 Å². The van der Waals surface area contributed by atoms with Gasteiger partial charge in [0.05, 0.1) is 13.7 Å². The summed E-state index contributed by atoms with van der Waals surface area (Å²) in [5, 5.41) is 3.25. The first-order valence-electron chi connectivity index (χ1n) is 7.69. The summed E-state index contributed by atoms with van der Waals surface area (Å²) in [6.07, 6.45) is -2.51. The maximum absolute atomic E-state index is 13.0. The Labute approximate surface area is 142 Å². The molecular formula is C16H25ClF2N2O2. The van der Waals surface area contributed by atoms with E-state index in [1.165, 1.54) is 0 Å². The first-order valence-corrected chi connectivity index (χ1v) is 7.69. The number of nitrogens with zero attached hydrogens (tertiary/aromatic N) is 1. The van der Waals surface area contributed by atoms with Crippen molar-refractivity contribution in [3.63, 3.8) is 0 Å². The first-order chi connectivity index (χ1) is 10.7. The van der Waals surface area contributed by atoms with Gasteiger partial charge in [-0.25, -0.2) is 8.78 Å². The molecule has 1 saturated heterocycles. The van der Waals surface area contributed by atoms with Crippen LogP contribution in [0.25, 0.3) is 0 Å². The van der Waals surface area contributed by atoms with Crippen LogP contribution in [0.5, 0.6) is 11.5 Å². The number of piperazine rings is 1. The van der Waals surface area contributed by atoms with E-state index in [0.29, 0.717) is 18.1 Å². The molecule has 132 valence electrons. The summed E-state index contributed by atoms with van der Waals surface area (Å²) in [6, 6.07) is 5.19. The zero-order valence-electron chi connectivity index (χ0n) is 13.6. The van der Waals surface area contributed by atoms with Gasteiger partial charge in [0.1, 0.15) is 0 Å². The van der Waals surface area contributed by atoms with Crippen molar-refractivity contribution in [3.8, 4) is 11.5 Å². The molecule has 1 aliphatic heterocycles. The van der Waals surface area contributed by atoms with Gasteiger partial charge in [0.2, 0.25) is 6.43 Å². The Bertz CT molecular complexity index is 471. The number of alkyl halides is 2. The van der Waals surface area contributed by atoms with Crippen molar-refractivity contribution in [2.75, 3.05) is 39.9 Å². The average molecular weight is 351 g/mol. The smallest absolute Gasteiger partial charge is 0.240 e. The van der Waals surface area contributed by atoms with E-state index < -0.39 is 6.43 Å². The standard InChI is InChI=1S/C16H24F2N2O2.ClH/c1-3-22-14-5-4-12(10-15(14)21-2)13(11-16(17)18)20-8-6-19-7-9-20;/h4-5,10,13,16,19H,3,6-9,11H2,1-2H3;1H/t13-;/m1./s1. The topological polar surface area (TPSA) is 33.7 Å². The molecule has 7 heteroatoms. The summed E-state index contributed by atoms with van der Waals surface area (Å²) in [4.78, 5) is 2.11. The maximum atomic E-state index is 13.0. The van der Waals surface area contributed by atoms with Crippen LogP contribution in [-0.4, -0.2) is 51.2 Å². The quantitative estimate of drug-likeness (QED) is 0.819. The third-order valence-electron chi connectivity index (χ3n) is 3.87. The first kappa shape index (κ1) is 19.9. The maximum Gasteiger partial charge on any atom is 0.240 e. The molecule has 1 fully saturated rings. The Balaban J connectivity index is 0.00000264. The van der Waals surface area contributed by atoms with Crippen LogP contribution >= 0.6 is 12.4 Å². The van der Waals surface area contributed by atoms with Crippen LogP contribution in [0.4, 0.5) is 8.78 Å². The van der Waals surface area contributed by atoms with E-state index in [4.69, 9.17) is 9.47 Å². The van der Waals surface area contributed by atoms with Crippen LogP contribution in [0.2, 0.25) is 0 Å². The number of methoxy groups -OCH3 is 1. The van der Waals surface area contributed by atoms with Gasteiger partial charge in [-0.1, -0.05) is 6.07 Å². The number of nitrogens with one attached hydrogen (secondary N) is 1. The molecule has 0 aliphatic carbocycles. The van der Waals surface area contributed by atoms with E-state index in [0.717, 1.165) is 31.7 Å². The van der Waals surface area contributed by atoms with Gasteiger partial charge in [0, 0.05) is 38.6 Å². The SMILES string of the molecule is CCOc1ccc([C@@H](CC(F)F)N2CCNCC2)cc1OC.Cl. The van der Waals surface area contributed by atoms with E-state index in [-0.39, 0.29) is 24.9 Å². The van der Waals surface area contributed by atoms with Crippen LogP contribution in [0.1, 0.15) is 24.9 Å². The number of halogens is 3. The summed E-state index contributed by atoms with van der Waals surface area (Å²) < 4.78 is 36.8. The molecule has 0 radical (unpaired) electrons. The largest absolute Gasteiger partial charge is 0.493 e. The summed E-state index contributed by atoms with van der Waals surface area (Å²) in [6.45, 7) is 5.63. The normalized spacial score (nSPS) is 16.7. The van der Waals surface area contributed by atoms with Gasteiger partial charge < -0.3 is 14.8 Å². The van der Waals surface area contributed by atoms with Crippen molar-refractivity contribution in [2.45, 2.75) is 25.8 Å². The molecule has 1 aromatic rings. The van der Waals surface area contributed by atoms with Crippen molar-refractivity contribution < 1.29 is 18.3 Å². The molecule has 2 rings (SSSR count). The lowest BCUT2D eigenvalue weighted by molar-refractivity contribution is 0.0738. The minimum absolute atomic E-state index is 0. The summed E-state index contributed by atoms with van der Waals surface area (Å²) >= 11 is 0. The molecule has 0 unspecified atom stereocenters. The lowest BCUT2D eigenvalue weighted by Gasteiger charge is -2.35. The molecule has 1 N–H and O–H groups in total. The Hall–Kier alpha value is -1.11. The molecule has 0 bridgehead atoms. The molecule has 1 heterocycles. The summed E-state index contributed by atoms with van der Waals surface area (Å²) in [5.74, 6) is 1.23. The fraction of sp³-hybridized carbons (Fsp3) is 0.625. The molecule has 1 aliphatic rings. The van der Waals surface area contributed by atoms with Gasteiger partial charge in [0.25, 0.3) is 0 Å². The zero-order chi connectivity index (χ0) is 15.9. The Morgan fingerprint density at radius 3 is 2.48 bits per heavy atom. The molecule has 0 saturated carbocycles. The molecular weight excluding hydrogens is 326 g/mol. The van der Waals surface area contributed by atoms with Crippen molar-refractivity contribution >= 4 is 12.4 Å². The highest BCUT2D eigenvalue weighted by Gasteiger charge is 2.26. The highest BCUT2D eigenvalue weighted by atomic mass is 35.5. The summed E-state index contributed by atoms with van der Waals surface area (Å²) in [5.41, 5.74) is 0.850. The van der Waals surface area contributed by atoms with E-state index in [9.17, 15) is 8.78 Å². The van der Waals surface area contributed by atoms with Gasteiger partial charge in [-0.3, -0.25) is 4.90 Å². The second-order valence-electron chi connectivity index (χ2n) is 5.27. The number of benzene rings is 1. The number of rotatable bonds is 7. The van der Waals surface area contributed by atoms with Gasteiger partial charge >= 0.3 is 0 Å². The predicted octanol–water partition coefficient (Wildman–Crippen LogP) is 3.12. The van der Waals surface area contributed by atoms with Crippen LogP contribution in [-0.2, 0) is 0 Å². The Morgan fingerprint density at radius 1 is 1.22 bits per heavy atom. The van der Waals surface area contributed by atoms with Crippen LogP contribution < -0.4 is 14.8 Å². The second kappa shape index (κ2) is 9.90. The average Bonchev–Trinajstić information content (AvgIpc) is 2.54. The van der Waals surface area contributed by atoms with E-state index >= 15 is 0 Å². The molecule has 1 atom stereocenters. The van der Waals surface area contributed by atoms with Crippen LogP contribution in [0.15, 0.2) is 18.2 Å². The van der Waals surface area contributed by atoms with Gasteiger partial charge in [-0.2, -0.15) is 0 Å². The molecule has 0 aromatic heterocycles. The van der Waals surface area contributed by atoms with E-state index in [2.05, 4.69) is 10.2 Å². The fourth-order valence-electron chi connectivity index (χ4n) is 2.82. The second-order valence-corrected chi connectivity index (χ2v) is 5.27. The number of ether oxygens (including phenoxy) is 2. The van der Waals surface area contributed by atoms with Crippen molar-refractivity contribution in [1.29, 1.82) is 0 Å². The highest BCUT2D eigenvalue weighted by molar-refractivity contribution is 5.85. The van der Waals surface area contributed by atoms with E-state index in [1.54, 1.807) is 13.2 Å². The molecule has 4 nitrogen and oxygen atoms in total. The monoisotopic (exact) mass is 350 g/mol.